The molecule has 0 saturated heterocycles. The Balaban J connectivity index is 1.95. The molecule has 3 heteroatoms. The van der Waals surface area contributed by atoms with Gasteiger partial charge >= 0.3 is 5.97 Å². The minimum absolute atomic E-state index is 0.290. The van der Waals surface area contributed by atoms with Crippen molar-refractivity contribution in [1.29, 1.82) is 0 Å². The molecule has 0 aliphatic rings. The fourth-order valence-corrected chi connectivity index (χ4v) is 2.12. The number of benzene rings is 2. The van der Waals surface area contributed by atoms with Gasteiger partial charge in [-0.1, -0.05) is 42.0 Å². The number of hydrogen-bond acceptors (Lipinski definition) is 3. The highest BCUT2D eigenvalue weighted by Gasteiger charge is 2.04. The molecule has 0 aliphatic carbocycles. The second-order valence-electron chi connectivity index (χ2n) is 5.84. The molecule has 0 unspecified atom stereocenters. The largest absolute Gasteiger partial charge is 0.490 e. The first-order chi connectivity index (χ1) is 12.1. The smallest absolute Gasteiger partial charge is 0.338 e. The van der Waals surface area contributed by atoms with E-state index in [4.69, 9.17) is 9.47 Å². The van der Waals surface area contributed by atoms with Gasteiger partial charge in [0.15, 0.2) is 0 Å². The number of ether oxygens (including phenoxy) is 2. The summed E-state index contributed by atoms with van der Waals surface area (Å²) in [6.07, 6.45) is 6.08. The van der Waals surface area contributed by atoms with Crippen LogP contribution >= 0.6 is 0 Å². The van der Waals surface area contributed by atoms with E-state index in [1.807, 2.05) is 54.6 Å². The zero-order chi connectivity index (χ0) is 18.1. The van der Waals surface area contributed by atoms with Crippen molar-refractivity contribution in [2.45, 2.75) is 20.8 Å². The third-order valence-electron chi connectivity index (χ3n) is 3.51. The normalized spacial score (nSPS) is 10.5. The molecule has 0 fully saturated rings. The quantitative estimate of drug-likeness (QED) is 0.387. The summed E-state index contributed by atoms with van der Waals surface area (Å²) in [4.78, 5) is 11.6. The van der Waals surface area contributed by atoms with Crippen molar-refractivity contribution < 1.29 is 14.3 Å². The third-order valence-corrected chi connectivity index (χ3v) is 3.51. The molecule has 25 heavy (non-hydrogen) atoms. The molecule has 0 radical (unpaired) electrons. The average molecular weight is 336 g/mol. The van der Waals surface area contributed by atoms with E-state index in [2.05, 4.69) is 13.8 Å². The molecule has 2 aromatic rings. The average Bonchev–Trinajstić information content (AvgIpc) is 2.61. The molecular formula is C22H24O3. The molecule has 3 nitrogen and oxygen atoms in total. The molecule has 2 aromatic carbocycles. The number of carbonyl (C=O) groups excluding carboxylic acids is 1. The summed E-state index contributed by atoms with van der Waals surface area (Å²) in [6, 6.07) is 15.3. The molecule has 0 N–H and O–H groups in total. The van der Waals surface area contributed by atoms with E-state index < -0.39 is 0 Å². The monoisotopic (exact) mass is 336 g/mol. The van der Waals surface area contributed by atoms with Crippen LogP contribution in [0.5, 0.6) is 5.75 Å². The van der Waals surface area contributed by atoms with Gasteiger partial charge in [0, 0.05) is 0 Å². The Hall–Kier alpha value is -2.81. The standard InChI is InChI=1S/C22H24O3/c1-4-24-22(23)20-11-7-18(8-12-20)5-6-19-9-13-21(14-10-19)25-16-15-17(2)3/h5-15H,4,16H2,1-3H3. The highest BCUT2D eigenvalue weighted by Crippen LogP contribution is 2.15. The van der Waals surface area contributed by atoms with Crippen LogP contribution in [0.2, 0.25) is 0 Å². The zero-order valence-corrected chi connectivity index (χ0v) is 15.0. The number of allylic oxidation sites excluding steroid dienone is 1. The molecule has 0 bridgehead atoms. The van der Waals surface area contributed by atoms with Crippen molar-refractivity contribution in [1.82, 2.24) is 0 Å². The van der Waals surface area contributed by atoms with Crippen LogP contribution in [0.3, 0.4) is 0 Å². The molecule has 0 heterocycles. The van der Waals surface area contributed by atoms with Crippen molar-refractivity contribution in [2.75, 3.05) is 13.2 Å². The lowest BCUT2D eigenvalue weighted by Gasteiger charge is -2.04. The summed E-state index contributed by atoms with van der Waals surface area (Å²) in [7, 11) is 0. The first-order valence-electron chi connectivity index (χ1n) is 8.40. The van der Waals surface area contributed by atoms with E-state index in [0.29, 0.717) is 18.8 Å². The fourth-order valence-electron chi connectivity index (χ4n) is 2.12. The molecule has 130 valence electrons. The summed E-state index contributed by atoms with van der Waals surface area (Å²) in [5, 5.41) is 0. The van der Waals surface area contributed by atoms with E-state index in [9.17, 15) is 4.79 Å². The van der Waals surface area contributed by atoms with E-state index in [-0.39, 0.29) is 5.97 Å². The van der Waals surface area contributed by atoms with Crippen molar-refractivity contribution in [2.24, 2.45) is 0 Å². The van der Waals surface area contributed by atoms with Crippen molar-refractivity contribution in [3.05, 3.63) is 76.9 Å². The number of carbonyl (C=O) groups is 1. The van der Waals surface area contributed by atoms with Gasteiger partial charge in [-0.25, -0.2) is 4.79 Å². The zero-order valence-electron chi connectivity index (χ0n) is 15.0. The van der Waals surface area contributed by atoms with Gasteiger partial charge in [0.05, 0.1) is 12.2 Å². The SMILES string of the molecule is CCOC(=O)c1ccc(C=Cc2ccc(OCC=C(C)C)cc2)cc1. The summed E-state index contributed by atoms with van der Waals surface area (Å²) >= 11 is 0. The van der Waals surface area contributed by atoms with Crippen LogP contribution < -0.4 is 4.74 Å². The van der Waals surface area contributed by atoms with Crippen LogP contribution in [0.4, 0.5) is 0 Å². The Morgan fingerprint density at radius 1 is 0.920 bits per heavy atom. The van der Waals surface area contributed by atoms with Gasteiger partial charge in [-0.2, -0.15) is 0 Å². The van der Waals surface area contributed by atoms with Crippen LogP contribution in [-0.4, -0.2) is 19.2 Å². The lowest BCUT2D eigenvalue weighted by molar-refractivity contribution is 0.0526. The fraction of sp³-hybridized carbons (Fsp3) is 0.227. The van der Waals surface area contributed by atoms with Gasteiger partial charge in [0.1, 0.15) is 12.4 Å². The van der Waals surface area contributed by atoms with Crippen LogP contribution in [0.1, 0.15) is 42.3 Å². The van der Waals surface area contributed by atoms with Crippen LogP contribution in [0.25, 0.3) is 12.2 Å². The van der Waals surface area contributed by atoms with E-state index in [1.165, 1.54) is 5.57 Å². The second-order valence-corrected chi connectivity index (χ2v) is 5.84. The van der Waals surface area contributed by atoms with Gasteiger partial charge in [-0.3, -0.25) is 0 Å². The Morgan fingerprint density at radius 3 is 2.00 bits per heavy atom. The van der Waals surface area contributed by atoms with Gasteiger partial charge in [0.25, 0.3) is 0 Å². The highest BCUT2D eigenvalue weighted by atomic mass is 16.5. The van der Waals surface area contributed by atoms with Crippen LogP contribution in [0.15, 0.2) is 60.2 Å². The Kier molecular flexibility index (Phi) is 7.02. The highest BCUT2D eigenvalue weighted by molar-refractivity contribution is 5.89. The molecule has 0 amide bonds. The third kappa shape index (κ3) is 6.30. The number of rotatable bonds is 7. The first-order valence-corrected chi connectivity index (χ1v) is 8.40. The summed E-state index contributed by atoms with van der Waals surface area (Å²) in [6.45, 7) is 6.87. The summed E-state index contributed by atoms with van der Waals surface area (Å²) < 4.78 is 10.6. The summed E-state index contributed by atoms with van der Waals surface area (Å²) in [5.74, 6) is 0.565. The molecule has 2 rings (SSSR count). The van der Waals surface area contributed by atoms with Gasteiger partial charge in [-0.05, 0) is 62.2 Å². The predicted molar refractivity (Wildman–Crippen MR) is 103 cm³/mol. The van der Waals surface area contributed by atoms with E-state index in [0.717, 1.165) is 16.9 Å². The molecule has 0 atom stereocenters. The Morgan fingerprint density at radius 2 is 1.48 bits per heavy atom. The van der Waals surface area contributed by atoms with Crippen LogP contribution in [0, 0.1) is 0 Å². The minimum atomic E-state index is -0.290. The molecule has 0 aromatic heterocycles. The first kappa shape index (κ1) is 18.5. The maximum absolute atomic E-state index is 11.6. The molecular weight excluding hydrogens is 312 g/mol. The van der Waals surface area contributed by atoms with Gasteiger partial charge in [-0.15, -0.1) is 0 Å². The number of esters is 1. The van der Waals surface area contributed by atoms with E-state index in [1.54, 1.807) is 19.1 Å². The second kappa shape index (κ2) is 9.48. The molecule has 0 aliphatic heterocycles. The van der Waals surface area contributed by atoms with Crippen molar-refractivity contribution in [3.63, 3.8) is 0 Å². The van der Waals surface area contributed by atoms with Gasteiger partial charge < -0.3 is 9.47 Å². The minimum Gasteiger partial charge on any atom is -0.490 e. The maximum atomic E-state index is 11.6. The predicted octanol–water partition coefficient (Wildman–Crippen LogP) is 5.38. The lowest BCUT2D eigenvalue weighted by atomic mass is 10.1. The number of hydrogen-bond donors (Lipinski definition) is 0. The van der Waals surface area contributed by atoms with E-state index >= 15 is 0 Å². The Bertz CT molecular complexity index is 734. The topological polar surface area (TPSA) is 35.5 Å². The van der Waals surface area contributed by atoms with Crippen molar-refractivity contribution in [3.8, 4) is 5.75 Å². The maximum Gasteiger partial charge on any atom is 0.338 e. The van der Waals surface area contributed by atoms with Gasteiger partial charge in [0.2, 0.25) is 0 Å². The van der Waals surface area contributed by atoms with Crippen molar-refractivity contribution >= 4 is 18.1 Å². The lowest BCUT2D eigenvalue weighted by Crippen LogP contribution is -2.03. The summed E-state index contributed by atoms with van der Waals surface area (Å²) in [5.41, 5.74) is 3.92. The van der Waals surface area contributed by atoms with Crippen LogP contribution in [-0.2, 0) is 4.74 Å². The molecule has 0 saturated carbocycles. The molecule has 0 spiro atoms. The Labute approximate surface area is 149 Å².